The van der Waals surface area contributed by atoms with Crippen molar-refractivity contribution in [2.24, 2.45) is 16.7 Å². The molecule has 5 atom stereocenters. The highest BCUT2D eigenvalue weighted by Gasteiger charge is 2.77. The largest absolute Gasteiger partial charge is 0.393 e. The van der Waals surface area contributed by atoms with Crippen molar-refractivity contribution in [1.82, 2.24) is 0 Å². The van der Waals surface area contributed by atoms with Gasteiger partial charge in [0.15, 0.2) is 0 Å². The maximum atomic E-state index is 12.4. The Kier molecular flexibility index (Phi) is 2.36. The third kappa shape index (κ3) is 1.30. The molecule has 0 heterocycles. The number of carbonyl (C=O) groups is 1. The van der Waals surface area contributed by atoms with Crippen LogP contribution in [0.4, 0.5) is 0 Å². The van der Waals surface area contributed by atoms with Gasteiger partial charge in [-0.05, 0) is 45.4 Å². The number of ketones is 1. The molecule has 1 N–H and O–H groups in total. The van der Waals surface area contributed by atoms with Crippen molar-refractivity contribution in [2.75, 3.05) is 0 Å². The molecule has 0 bridgehead atoms. The van der Waals surface area contributed by atoms with Crippen molar-refractivity contribution < 1.29 is 14.6 Å². The summed E-state index contributed by atoms with van der Waals surface area (Å²) >= 11 is 0. The molecule has 0 amide bonds. The van der Waals surface area contributed by atoms with Crippen molar-refractivity contribution in [1.29, 1.82) is 0 Å². The van der Waals surface area contributed by atoms with E-state index in [0.29, 0.717) is 12.2 Å². The first kappa shape index (κ1) is 12.6. The second-order valence-corrected chi connectivity index (χ2v) is 7.70. The molecule has 3 fully saturated rings. The molecule has 102 valence electrons. The maximum absolute atomic E-state index is 12.4. The van der Waals surface area contributed by atoms with Crippen LogP contribution in [0.1, 0.15) is 53.4 Å². The minimum Gasteiger partial charge on any atom is -0.393 e. The van der Waals surface area contributed by atoms with E-state index in [2.05, 4.69) is 6.92 Å². The predicted molar refractivity (Wildman–Crippen MR) is 68.1 cm³/mol. The molecule has 0 aromatic heterocycles. The van der Waals surface area contributed by atoms with Gasteiger partial charge < -0.3 is 9.84 Å². The molecule has 3 aliphatic carbocycles. The zero-order valence-electron chi connectivity index (χ0n) is 11.8. The zero-order chi connectivity index (χ0) is 13.3. The summed E-state index contributed by atoms with van der Waals surface area (Å²) in [6.07, 6.45) is 2.95. The highest BCUT2D eigenvalue weighted by Crippen LogP contribution is 2.73. The van der Waals surface area contributed by atoms with Gasteiger partial charge in [0.05, 0.1) is 23.2 Å². The number of aliphatic hydroxyl groups excluding tert-OH is 1. The Morgan fingerprint density at radius 3 is 2.56 bits per heavy atom. The molecule has 18 heavy (non-hydrogen) atoms. The number of aliphatic hydroxyl groups is 1. The normalized spacial score (nSPS) is 50.9. The third-order valence-corrected chi connectivity index (χ3v) is 5.46. The lowest BCUT2D eigenvalue weighted by atomic mass is 9.48. The molecule has 0 aliphatic heterocycles. The second kappa shape index (κ2) is 3.37. The predicted octanol–water partition coefficient (Wildman–Crippen LogP) is 2.31. The number of hydrogen-bond donors (Lipinski definition) is 1. The van der Waals surface area contributed by atoms with Gasteiger partial charge >= 0.3 is 0 Å². The van der Waals surface area contributed by atoms with Gasteiger partial charge in [-0.2, -0.15) is 0 Å². The minimum absolute atomic E-state index is 0.00546. The molecule has 0 aromatic rings. The maximum Gasteiger partial charge on any atom is 0.143 e. The van der Waals surface area contributed by atoms with Crippen LogP contribution in [-0.2, 0) is 9.53 Å². The Labute approximate surface area is 109 Å². The van der Waals surface area contributed by atoms with Crippen molar-refractivity contribution >= 4 is 5.78 Å². The van der Waals surface area contributed by atoms with Crippen molar-refractivity contribution in [3.8, 4) is 0 Å². The highest BCUT2D eigenvalue weighted by molar-refractivity contribution is 5.95. The summed E-state index contributed by atoms with van der Waals surface area (Å²) in [6, 6.07) is 0. The van der Waals surface area contributed by atoms with Gasteiger partial charge in [0.25, 0.3) is 0 Å². The van der Waals surface area contributed by atoms with Crippen LogP contribution in [0.2, 0.25) is 0 Å². The van der Waals surface area contributed by atoms with Crippen LogP contribution in [0.25, 0.3) is 0 Å². The standard InChI is InChI=1S/C15H24O3/c1-13(2,3)18-12-6-5-9-10(16)7-14(4)8-11(17)15(9,12)14/h9-10,12,16H,5-8H2,1-4H3/t9?,10-,12-,14?,15?/m0/s1. The molecule has 1 spiro atoms. The fourth-order valence-corrected chi connectivity index (χ4v) is 5.04. The average Bonchev–Trinajstić information content (AvgIpc) is 2.63. The molecule has 0 radical (unpaired) electrons. The van der Waals surface area contributed by atoms with Gasteiger partial charge in [0, 0.05) is 12.3 Å². The van der Waals surface area contributed by atoms with E-state index in [1.807, 2.05) is 20.8 Å². The topological polar surface area (TPSA) is 46.5 Å². The molecule has 3 saturated carbocycles. The van der Waals surface area contributed by atoms with Gasteiger partial charge in [-0.15, -0.1) is 0 Å². The van der Waals surface area contributed by atoms with Crippen LogP contribution in [0.5, 0.6) is 0 Å². The lowest BCUT2D eigenvalue weighted by Crippen LogP contribution is -2.62. The average molecular weight is 252 g/mol. The number of ether oxygens (including phenoxy) is 1. The number of hydrogen-bond acceptors (Lipinski definition) is 3. The zero-order valence-corrected chi connectivity index (χ0v) is 11.8. The Hall–Kier alpha value is -0.410. The summed E-state index contributed by atoms with van der Waals surface area (Å²) in [5.74, 6) is 0.467. The van der Waals surface area contributed by atoms with Crippen LogP contribution >= 0.6 is 0 Å². The van der Waals surface area contributed by atoms with E-state index in [-0.39, 0.29) is 34.6 Å². The highest BCUT2D eigenvalue weighted by atomic mass is 16.5. The summed E-state index contributed by atoms with van der Waals surface area (Å²) in [7, 11) is 0. The van der Waals surface area contributed by atoms with E-state index < -0.39 is 0 Å². The smallest absolute Gasteiger partial charge is 0.143 e. The van der Waals surface area contributed by atoms with Gasteiger partial charge in [-0.3, -0.25) is 4.79 Å². The monoisotopic (exact) mass is 252 g/mol. The van der Waals surface area contributed by atoms with Gasteiger partial charge in [-0.25, -0.2) is 0 Å². The Bertz CT molecular complexity index is 397. The molecular formula is C15H24O3. The third-order valence-electron chi connectivity index (χ3n) is 5.46. The molecule has 0 saturated heterocycles. The molecular weight excluding hydrogens is 228 g/mol. The molecule has 3 heteroatoms. The van der Waals surface area contributed by atoms with E-state index in [0.717, 1.165) is 19.3 Å². The molecule has 3 rings (SSSR count). The molecule has 3 nitrogen and oxygen atoms in total. The Balaban J connectivity index is 1.98. The van der Waals surface area contributed by atoms with Crippen LogP contribution in [0, 0.1) is 16.7 Å². The number of rotatable bonds is 1. The van der Waals surface area contributed by atoms with Crippen molar-refractivity contribution in [3.05, 3.63) is 0 Å². The summed E-state index contributed by atoms with van der Waals surface area (Å²) in [5.41, 5.74) is -0.626. The van der Waals surface area contributed by atoms with E-state index in [1.54, 1.807) is 0 Å². The van der Waals surface area contributed by atoms with E-state index in [4.69, 9.17) is 4.74 Å². The first-order valence-corrected chi connectivity index (χ1v) is 7.10. The Morgan fingerprint density at radius 1 is 1.33 bits per heavy atom. The van der Waals surface area contributed by atoms with Crippen LogP contribution in [0.15, 0.2) is 0 Å². The molecule has 3 unspecified atom stereocenters. The van der Waals surface area contributed by atoms with Gasteiger partial charge in [-0.1, -0.05) is 6.92 Å². The van der Waals surface area contributed by atoms with Crippen LogP contribution in [-0.4, -0.2) is 28.7 Å². The van der Waals surface area contributed by atoms with E-state index in [1.165, 1.54) is 0 Å². The van der Waals surface area contributed by atoms with Crippen LogP contribution < -0.4 is 0 Å². The lowest BCUT2D eigenvalue weighted by Gasteiger charge is -2.55. The van der Waals surface area contributed by atoms with E-state index >= 15 is 0 Å². The van der Waals surface area contributed by atoms with E-state index in [9.17, 15) is 9.90 Å². The number of Topliss-reactive ketones (excluding diaryl/α,β-unsaturated/α-hetero) is 1. The number of carbonyl (C=O) groups excluding carboxylic acids is 1. The lowest BCUT2D eigenvalue weighted by molar-refractivity contribution is -0.191. The first-order valence-electron chi connectivity index (χ1n) is 7.10. The fraction of sp³-hybridized carbons (Fsp3) is 0.933. The quantitative estimate of drug-likeness (QED) is 0.779. The van der Waals surface area contributed by atoms with Crippen LogP contribution in [0.3, 0.4) is 0 Å². The Morgan fingerprint density at radius 2 is 2.00 bits per heavy atom. The first-order chi connectivity index (χ1) is 8.21. The summed E-state index contributed by atoms with van der Waals surface area (Å²) < 4.78 is 6.19. The molecule has 0 aromatic carbocycles. The fourth-order valence-electron chi connectivity index (χ4n) is 5.04. The minimum atomic E-state index is -0.375. The SMILES string of the molecule is CC(C)(C)O[C@H]1CCC2[C@@H](O)CC3(C)CC(=O)C213. The van der Waals surface area contributed by atoms with Gasteiger partial charge in [0.1, 0.15) is 5.78 Å². The second-order valence-electron chi connectivity index (χ2n) is 7.70. The van der Waals surface area contributed by atoms with Crippen molar-refractivity contribution in [2.45, 2.75) is 71.2 Å². The summed E-state index contributed by atoms with van der Waals surface area (Å²) in [4.78, 5) is 12.4. The summed E-state index contributed by atoms with van der Waals surface area (Å²) in [6.45, 7) is 8.30. The van der Waals surface area contributed by atoms with Crippen molar-refractivity contribution in [3.63, 3.8) is 0 Å². The van der Waals surface area contributed by atoms with Gasteiger partial charge in [0.2, 0.25) is 0 Å². The summed E-state index contributed by atoms with van der Waals surface area (Å²) in [5, 5.41) is 10.3. The molecule has 3 aliphatic rings.